The van der Waals surface area contributed by atoms with Gasteiger partial charge in [0.2, 0.25) is 0 Å². The van der Waals surface area contributed by atoms with Gasteiger partial charge in [-0.05, 0) is 56.9 Å². The largest absolute Gasteiger partial charge is 0.305 e. The molecule has 0 aliphatic rings. The molecule has 0 amide bonds. The van der Waals surface area contributed by atoms with Crippen molar-refractivity contribution in [2.75, 3.05) is 0 Å². The standard InChI is InChI=1S/C30H26N.C11H8N.Ir/c1-30(2,3)20-21-16-17-31-29(18-21)23-14-12-22(13-15-23)28-19-24-8-4-5-9-25(24)26-10-6-7-11-27(26)28;1-2-6-10(7-3-1)11-8-4-5-9-12-11;/h4-14,16-19H,20H2,1-3H3;1-6,8-9H;/q2*-1;/i20D2;;. The van der Waals surface area contributed by atoms with Crippen LogP contribution in [0.1, 0.15) is 29.1 Å². The molecule has 2 aromatic heterocycles. The van der Waals surface area contributed by atoms with Crippen LogP contribution in [0.2, 0.25) is 0 Å². The first kappa shape index (κ1) is 28.3. The summed E-state index contributed by atoms with van der Waals surface area (Å²) in [5.41, 5.74) is 6.00. The molecule has 219 valence electrons. The number of rotatable bonds is 4. The van der Waals surface area contributed by atoms with Gasteiger partial charge in [-0.1, -0.05) is 110 Å². The summed E-state index contributed by atoms with van der Waals surface area (Å²) in [4.78, 5) is 8.72. The third kappa shape index (κ3) is 7.37. The van der Waals surface area contributed by atoms with Gasteiger partial charge in [0.05, 0.1) is 0 Å². The van der Waals surface area contributed by atoms with Crippen LogP contribution in [-0.4, -0.2) is 9.97 Å². The van der Waals surface area contributed by atoms with E-state index in [1.165, 1.54) is 27.1 Å². The number of fused-ring (bicyclic) bond motifs is 3. The number of aromatic nitrogens is 2. The number of nitrogens with zero attached hydrogens (tertiary/aromatic N) is 2. The van der Waals surface area contributed by atoms with Crippen molar-refractivity contribution < 1.29 is 22.8 Å². The van der Waals surface area contributed by atoms with Crippen molar-refractivity contribution in [3.63, 3.8) is 0 Å². The van der Waals surface area contributed by atoms with Crippen molar-refractivity contribution in [1.82, 2.24) is 9.97 Å². The maximum atomic E-state index is 8.60. The number of pyridine rings is 2. The molecule has 0 N–H and O–H groups in total. The Morgan fingerprint density at radius 1 is 0.636 bits per heavy atom. The van der Waals surface area contributed by atoms with Crippen molar-refractivity contribution in [3.05, 3.63) is 157 Å². The van der Waals surface area contributed by atoms with Crippen LogP contribution in [0.15, 0.2) is 140 Å². The van der Waals surface area contributed by atoms with Crippen LogP contribution >= 0.6 is 0 Å². The molecule has 7 rings (SSSR count). The molecule has 44 heavy (non-hydrogen) atoms. The van der Waals surface area contributed by atoms with Crippen molar-refractivity contribution >= 4 is 21.5 Å². The summed E-state index contributed by atoms with van der Waals surface area (Å²) < 4.78 is 17.2. The van der Waals surface area contributed by atoms with Gasteiger partial charge < -0.3 is 9.97 Å². The van der Waals surface area contributed by atoms with Gasteiger partial charge in [-0.15, -0.1) is 65.7 Å². The van der Waals surface area contributed by atoms with E-state index in [0.717, 1.165) is 28.1 Å². The van der Waals surface area contributed by atoms with E-state index in [2.05, 4.69) is 82.8 Å². The Labute approximate surface area is 277 Å². The van der Waals surface area contributed by atoms with Crippen molar-refractivity contribution in [2.24, 2.45) is 5.41 Å². The van der Waals surface area contributed by atoms with Crippen LogP contribution < -0.4 is 0 Å². The first-order chi connectivity index (χ1) is 21.7. The second-order valence-corrected chi connectivity index (χ2v) is 11.5. The molecule has 0 saturated heterocycles. The molecule has 0 spiro atoms. The molecule has 5 aromatic carbocycles. The predicted molar refractivity (Wildman–Crippen MR) is 181 cm³/mol. The molecule has 0 saturated carbocycles. The van der Waals surface area contributed by atoms with Gasteiger partial charge in [0.15, 0.2) is 0 Å². The van der Waals surface area contributed by atoms with Crippen LogP contribution in [-0.2, 0) is 26.5 Å². The fourth-order valence-electron chi connectivity index (χ4n) is 5.21. The van der Waals surface area contributed by atoms with Crippen molar-refractivity contribution in [1.29, 1.82) is 0 Å². The Morgan fingerprint density at radius 3 is 2.05 bits per heavy atom. The Balaban J connectivity index is 0.000000269. The van der Waals surface area contributed by atoms with E-state index in [-0.39, 0.29) is 20.1 Å². The summed E-state index contributed by atoms with van der Waals surface area (Å²) in [6.45, 7) is 5.76. The van der Waals surface area contributed by atoms with Crippen molar-refractivity contribution in [3.8, 4) is 33.6 Å². The molecule has 1 radical (unpaired) electrons. The SMILES string of the molecule is [2H]C([2H])(c1ccnc(-c2[c-]cc(-c3cc4ccccc4c4ccccc34)cc2)c1)C(C)(C)C.[Ir].[c-]1ccccc1-c1ccccn1. The average molecular weight is 749 g/mol. The van der Waals surface area contributed by atoms with E-state index in [9.17, 15) is 0 Å². The van der Waals surface area contributed by atoms with Gasteiger partial charge in [0, 0.05) is 35.2 Å². The summed E-state index contributed by atoms with van der Waals surface area (Å²) >= 11 is 0. The molecule has 0 aliphatic heterocycles. The van der Waals surface area contributed by atoms with Gasteiger partial charge in [0.25, 0.3) is 0 Å². The van der Waals surface area contributed by atoms with Crippen LogP contribution in [0.3, 0.4) is 0 Å². The zero-order chi connectivity index (χ0) is 31.4. The Bertz CT molecular complexity index is 2020. The van der Waals surface area contributed by atoms with E-state index in [1.807, 2.05) is 81.4 Å². The minimum absolute atomic E-state index is 0. The maximum absolute atomic E-state index is 8.60. The van der Waals surface area contributed by atoms with E-state index in [4.69, 9.17) is 2.74 Å². The van der Waals surface area contributed by atoms with Crippen LogP contribution in [0.4, 0.5) is 0 Å². The van der Waals surface area contributed by atoms with Gasteiger partial charge in [-0.25, -0.2) is 0 Å². The van der Waals surface area contributed by atoms with Gasteiger partial charge in [-0.3, -0.25) is 0 Å². The first-order valence-electron chi connectivity index (χ1n) is 15.5. The second-order valence-electron chi connectivity index (χ2n) is 11.5. The van der Waals surface area contributed by atoms with Gasteiger partial charge in [-0.2, -0.15) is 0 Å². The summed E-state index contributed by atoms with van der Waals surface area (Å²) in [5.74, 6) is 0. The third-order valence-electron chi connectivity index (χ3n) is 7.10. The van der Waals surface area contributed by atoms with E-state index >= 15 is 0 Å². The Hall–Kier alpha value is -4.43. The molecule has 0 atom stereocenters. The zero-order valence-electron chi connectivity index (χ0n) is 27.0. The second kappa shape index (κ2) is 13.9. The quantitative estimate of drug-likeness (QED) is 0.132. The molecule has 2 heterocycles. The molecule has 0 bridgehead atoms. The monoisotopic (exact) mass is 749 g/mol. The van der Waals surface area contributed by atoms with Crippen molar-refractivity contribution in [2.45, 2.75) is 27.1 Å². The predicted octanol–water partition coefficient (Wildman–Crippen LogP) is 10.7. The Morgan fingerprint density at radius 2 is 1.34 bits per heavy atom. The normalized spacial score (nSPS) is 12.0. The summed E-state index contributed by atoms with van der Waals surface area (Å²) in [6.07, 6.45) is 2.01. The number of benzene rings is 5. The molecule has 0 fully saturated rings. The van der Waals surface area contributed by atoms with E-state index < -0.39 is 11.8 Å². The van der Waals surface area contributed by atoms with E-state index in [0.29, 0.717) is 5.56 Å². The van der Waals surface area contributed by atoms with Gasteiger partial charge in [0.1, 0.15) is 0 Å². The molecule has 7 aromatic rings. The summed E-state index contributed by atoms with van der Waals surface area (Å²) in [7, 11) is 0. The van der Waals surface area contributed by atoms with Crippen LogP contribution in [0.25, 0.3) is 55.2 Å². The molecular formula is C41H34IrN2-2. The van der Waals surface area contributed by atoms with Crippen LogP contribution in [0.5, 0.6) is 0 Å². The first-order valence-corrected chi connectivity index (χ1v) is 14.5. The smallest absolute Gasteiger partial charge is 0.0321 e. The summed E-state index contributed by atoms with van der Waals surface area (Å²) in [6, 6.07) is 49.2. The zero-order valence-corrected chi connectivity index (χ0v) is 27.4. The molecule has 2 nitrogen and oxygen atoms in total. The van der Waals surface area contributed by atoms with E-state index in [1.54, 1.807) is 18.5 Å². The number of hydrogen-bond acceptors (Lipinski definition) is 2. The number of hydrogen-bond donors (Lipinski definition) is 0. The topological polar surface area (TPSA) is 25.8 Å². The maximum Gasteiger partial charge on any atom is 0.0321 e. The Kier molecular flexibility index (Phi) is 8.96. The van der Waals surface area contributed by atoms with Crippen LogP contribution in [0, 0.1) is 17.5 Å². The molecule has 3 heteroatoms. The average Bonchev–Trinajstić information content (AvgIpc) is 3.09. The summed E-state index contributed by atoms with van der Waals surface area (Å²) in [5, 5.41) is 4.94. The molecule has 0 unspecified atom stereocenters. The molecular weight excluding hydrogens is 713 g/mol. The fourth-order valence-corrected chi connectivity index (χ4v) is 5.21. The minimum atomic E-state index is -1.46. The third-order valence-corrected chi connectivity index (χ3v) is 7.10. The minimum Gasteiger partial charge on any atom is -0.305 e. The molecule has 0 aliphatic carbocycles. The fraction of sp³-hybridized carbons (Fsp3) is 0.122. The van der Waals surface area contributed by atoms with Gasteiger partial charge >= 0.3 is 0 Å².